The van der Waals surface area contributed by atoms with Gasteiger partial charge in [0.15, 0.2) is 5.78 Å². The lowest BCUT2D eigenvalue weighted by Gasteiger charge is -2.10. The number of Topliss-reactive ketones (excluding diaryl/α,β-unsaturated/α-hetero) is 1. The van der Waals surface area contributed by atoms with Crippen LogP contribution in [0.25, 0.3) is 0 Å². The van der Waals surface area contributed by atoms with Crippen LogP contribution in [0.1, 0.15) is 35.4 Å². The molecule has 0 spiro atoms. The molecule has 15 heavy (non-hydrogen) atoms. The summed E-state index contributed by atoms with van der Waals surface area (Å²) in [6.07, 6.45) is -2.54. The number of rotatable bonds is 3. The van der Waals surface area contributed by atoms with Gasteiger partial charge in [-0.05, 0) is 31.0 Å². The Morgan fingerprint density at radius 1 is 1.40 bits per heavy atom. The molecule has 1 rings (SSSR count). The Hall–Kier alpha value is -0.960. The number of hydrogen-bond donors (Lipinski definition) is 0. The van der Waals surface area contributed by atoms with Gasteiger partial charge in [0.05, 0.1) is 0 Å². The van der Waals surface area contributed by atoms with Gasteiger partial charge in [-0.3, -0.25) is 4.79 Å². The number of carbonyl (C=O) groups excluding carboxylic acids is 1. The summed E-state index contributed by atoms with van der Waals surface area (Å²) in [6, 6.07) is 4.44. The van der Waals surface area contributed by atoms with Crippen molar-refractivity contribution in [3.05, 3.63) is 34.9 Å². The minimum absolute atomic E-state index is 0.0700. The van der Waals surface area contributed by atoms with Gasteiger partial charge in [0.1, 0.15) is 5.38 Å². The van der Waals surface area contributed by atoms with Gasteiger partial charge in [-0.2, -0.15) is 0 Å². The molecule has 0 saturated heterocycles. The fourth-order valence-electron chi connectivity index (χ4n) is 1.29. The van der Waals surface area contributed by atoms with Gasteiger partial charge >= 0.3 is 0 Å². The second-order valence-corrected chi connectivity index (χ2v) is 3.83. The van der Waals surface area contributed by atoms with Crippen LogP contribution in [0.4, 0.5) is 8.78 Å². The summed E-state index contributed by atoms with van der Waals surface area (Å²) in [5.41, 5.74) is 0.852. The summed E-state index contributed by atoms with van der Waals surface area (Å²) in [7, 11) is 0. The maximum absolute atomic E-state index is 12.5. The number of ketones is 1. The Labute approximate surface area is 92.1 Å². The Morgan fingerprint density at radius 2 is 2.00 bits per heavy atom. The molecule has 0 aliphatic carbocycles. The molecule has 1 nitrogen and oxygen atoms in total. The van der Waals surface area contributed by atoms with Crippen molar-refractivity contribution < 1.29 is 13.6 Å². The Morgan fingerprint density at radius 3 is 2.47 bits per heavy atom. The van der Waals surface area contributed by atoms with E-state index in [-0.39, 0.29) is 11.3 Å². The van der Waals surface area contributed by atoms with Crippen LogP contribution in [0, 0.1) is 6.92 Å². The lowest BCUT2D eigenvalue weighted by atomic mass is 10.0. The van der Waals surface area contributed by atoms with E-state index in [0.717, 1.165) is 0 Å². The molecule has 0 fully saturated rings. The Bertz CT molecular complexity index is 377. The number of aryl methyl sites for hydroxylation is 1. The normalized spacial score (nSPS) is 12.9. The minimum Gasteiger partial charge on any atom is -0.298 e. The number of alkyl halides is 3. The first-order valence-electron chi connectivity index (χ1n) is 4.46. The van der Waals surface area contributed by atoms with Gasteiger partial charge in [0, 0.05) is 5.56 Å². The van der Waals surface area contributed by atoms with Crippen LogP contribution in [-0.4, -0.2) is 5.78 Å². The highest BCUT2D eigenvalue weighted by Gasteiger charge is 2.17. The van der Waals surface area contributed by atoms with Crippen molar-refractivity contribution in [3.63, 3.8) is 0 Å². The summed E-state index contributed by atoms with van der Waals surface area (Å²) < 4.78 is 25.1. The van der Waals surface area contributed by atoms with Crippen LogP contribution in [-0.2, 0) is 4.79 Å². The van der Waals surface area contributed by atoms with Gasteiger partial charge in [-0.25, -0.2) is 8.78 Å². The second-order valence-electron chi connectivity index (χ2n) is 3.39. The van der Waals surface area contributed by atoms with Crippen LogP contribution in [0.15, 0.2) is 18.2 Å². The highest BCUT2D eigenvalue weighted by molar-refractivity contribution is 6.30. The molecule has 1 atom stereocenters. The van der Waals surface area contributed by atoms with Gasteiger partial charge in [0.25, 0.3) is 6.43 Å². The molecule has 1 unspecified atom stereocenters. The highest BCUT2D eigenvalue weighted by atomic mass is 35.5. The van der Waals surface area contributed by atoms with Crippen LogP contribution in [0.2, 0.25) is 0 Å². The average Bonchev–Trinajstić information content (AvgIpc) is 2.16. The SMILES string of the molecule is CC(=O)C(Cl)c1ccc(C)c(C(F)F)c1. The zero-order chi connectivity index (χ0) is 11.6. The number of benzene rings is 1. The third-order valence-electron chi connectivity index (χ3n) is 2.19. The van der Waals surface area contributed by atoms with E-state index in [0.29, 0.717) is 11.1 Å². The second kappa shape index (κ2) is 4.71. The molecule has 0 aromatic heterocycles. The fraction of sp³-hybridized carbons (Fsp3) is 0.364. The first-order chi connectivity index (χ1) is 6.93. The topological polar surface area (TPSA) is 17.1 Å². The molecular weight excluding hydrogens is 222 g/mol. The molecule has 0 heterocycles. The van der Waals surface area contributed by atoms with E-state index in [1.54, 1.807) is 19.1 Å². The summed E-state index contributed by atoms with van der Waals surface area (Å²) in [6.45, 7) is 2.93. The lowest BCUT2D eigenvalue weighted by molar-refractivity contribution is -0.116. The van der Waals surface area contributed by atoms with E-state index >= 15 is 0 Å². The van der Waals surface area contributed by atoms with Crippen molar-refractivity contribution in [1.82, 2.24) is 0 Å². The first-order valence-corrected chi connectivity index (χ1v) is 4.90. The van der Waals surface area contributed by atoms with Crippen LogP contribution >= 0.6 is 11.6 Å². The van der Waals surface area contributed by atoms with Crippen molar-refractivity contribution in [1.29, 1.82) is 0 Å². The third kappa shape index (κ3) is 2.75. The monoisotopic (exact) mass is 232 g/mol. The molecule has 1 aromatic carbocycles. The standard InChI is InChI=1S/C11H11ClF2O/c1-6-3-4-8(10(12)7(2)15)5-9(6)11(13)14/h3-5,10-11H,1-2H3. The van der Waals surface area contributed by atoms with Crippen LogP contribution < -0.4 is 0 Å². The van der Waals surface area contributed by atoms with Crippen molar-refractivity contribution in [2.45, 2.75) is 25.7 Å². The fourth-order valence-corrected chi connectivity index (χ4v) is 1.42. The molecule has 0 saturated carbocycles. The van der Waals surface area contributed by atoms with E-state index in [9.17, 15) is 13.6 Å². The van der Waals surface area contributed by atoms with E-state index in [1.165, 1.54) is 13.0 Å². The lowest BCUT2D eigenvalue weighted by Crippen LogP contribution is -2.03. The maximum Gasteiger partial charge on any atom is 0.264 e. The molecule has 82 valence electrons. The van der Waals surface area contributed by atoms with Crippen molar-refractivity contribution in [2.24, 2.45) is 0 Å². The molecule has 0 aliphatic rings. The maximum atomic E-state index is 12.5. The quantitative estimate of drug-likeness (QED) is 0.725. The summed E-state index contributed by atoms with van der Waals surface area (Å²) >= 11 is 5.78. The Balaban J connectivity index is 3.13. The largest absolute Gasteiger partial charge is 0.298 e. The van der Waals surface area contributed by atoms with Crippen LogP contribution in [0.3, 0.4) is 0 Å². The summed E-state index contributed by atoms with van der Waals surface area (Å²) in [4.78, 5) is 11.0. The molecule has 0 radical (unpaired) electrons. The molecular formula is C11H11ClF2O. The van der Waals surface area contributed by atoms with Crippen molar-refractivity contribution >= 4 is 17.4 Å². The summed E-state index contributed by atoms with van der Waals surface area (Å²) in [5, 5.41) is -0.844. The summed E-state index contributed by atoms with van der Waals surface area (Å²) in [5.74, 6) is -0.249. The van der Waals surface area contributed by atoms with Gasteiger partial charge in [-0.15, -0.1) is 11.6 Å². The highest BCUT2D eigenvalue weighted by Crippen LogP contribution is 2.28. The van der Waals surface area contributed by atoms with Crippen molar-refractivity contribution in [2.75, 3.05) is 0 Å². The van der Waals surface area contributed by atoms with E-state index in [1.807, 2.05) is 0 Å². The predicted octanol–water partition coefficient (Wildman–Crippen LogP) is 3.80. The van der Waals surface area contributed by atoms with Gasteiger partial charge < -0.3 is 0 Å². The van der Waals surface area contributed by atoms with E-state index in [4.69, 9.17) is 11.6 Å². The first kappa shape index (κ1) is 12.1. The zero-order valence-electron chi connectivity index (χ0n) is 8.43. The number of halogens is 3. The molecule has 0 bridgehead atoms. The third-order valence-corrected chi connectivity index (χ3v) is 2.75. The average molecular weight is 233 g/mol. The molecule has 0 aliphatic heterocycles. The van der Waals surface area contributed by atoms with Crippen LogP contribution in [0.5, 0.6) is 0 Å². The zero-order valence-corrected chi connectivity index (χ0v) is 9.18. The van der Waals surface area contributed by atoms with E-state index < -0.39 is 11.8 Å². The predicted molar refractivity (Wildman–Crippen MR) is 55.4 cm³/mol. The molecule has 0 N–H and O–H groups in total. The number of carbonyl (C=O) groups is 1. The molecule has 1 aromatic rings. The van der Waals surface area contributed by atoms with Gasteiger partial charge in [-0.1, -0.05) is 12.1 Å². The Kier molecular flexibility index (Phi) is 3.80. The van der Waals surface area contributed by atoms with Gasteiger partial charge in [0.2, 0.25) is 0 Å². The molecule has 0 amide bonds. The minimum atomic E-state index is -2.54. The van der Waals surface area contributed by atoms with Crippen molar-refractivity contribution in [3.8, 4) is 0 Å². The number of hydrogen-bond acceptors (Lipinski definition) is 1. The van der Waals surface area contributed by atoms with E-state index in [2.05, 4.69) is 0 Å². The smallest absolute Gasteiger partial charge is 0.264 e. The molecule has 4 heteroatoms.